The fourth-order valence-electron chi connectivity index (χ4n) is 1.18. The van der Waals surface area contributed by atoms with Crippen molar-refractivity contribution in [3.63, 3.8) is 0 Å². The molecular weight excluding hydrogens is 248 g/mol. The molecule has 4 nitrogen and oxygen atoms in total. The van der Waals surface area contributed by atoms with Crippen molar-refractivity contribution in [1.29, 1.82) is 5.26 Å². The molecule has 1 heterocycles. The summed E-state index contributed by atoms with van der Waals surface area (Å²) in [6.45, 7) is 1.76. The molecule has 0 saturated carbocycles. The number of nitrogens with zero attached hydrogens (tertiary/aromatic N) is 2. The van der Waals surface area contributed by atoms with E-state index < -0.39 is 9.84 Å². The second kappa shape index (κ2) is 5.28. The number of hydrogen-bond acceptors (Lipinski definition) is 4. The first-order valence-corrected chi connectivity index (χ1v) is 6.83. The molecule has 1 aromatic rings. The van der Waals surface area contributed by atoms with E-state index in [0.29, 0.717) is 0 Å². The lowest BCUT2D eigenvalue weighted by molar-refractivity contribution is 0.583. The molecule has 1 rings (SSSR count). The summed E-state index contributed by atoms with van der Waals surface area (Å²) in [5, 5.41) is 8.63. The molecule has 0 fully saturated rings. The molecule has 0 aromatic carbocycles. The van der Waals surface area contributed by atoms with Gasteiger partial charge in [0.05, 0.1) is 10.6 Å². The number of sulfone groups is 1. The van der Waals surface area contributed by atoms with Crippen LogP contribution in [0.1, 0.15) is 12.6 Å². The smallest absolute Gasteiger partial charge is 0.178 e. The van der Waals surface area contributed by atoms with Gasteiger partial charge in [0.2, 0.25) is 0 Å². The van der Waals surface area contributed by atoms with E-state index in [1.165, 1.54) is 18.3 Å². The summed E-state index contributed by atoms with van der Waals surface area (Å²) in [7, 11) is -3.38. The lowest BCUT2D eigenvalue weighted by Gasteiger charge is -2.08. The third-order valence-corrected chi connectivity index (χ3v) is 4.48. The van der Waals surface area contributed by atoms with Gasteiger partial charge in [-0.2, -0.15) is 5.26 Å². The normalized spacial score (nSPS) is 13.1. The third-order valence-electron chi connectivity index (χ3n) is 1.97. The number of nitriles is 1. The summed E-state index contributed by atoms with van der Waals surface area (Å²) in [6, 6.07) is 4.47. The predicted octanol–water partition coefficient (Wildman–Crippen LogP) is 1.60. The van der Waals surface area contributed by atoms with Gasteiger partial charge in [0.1, 0.15) is 11.8 Å². The number of hydrogen-bond donors (Lipinski definition) is 0. The summed E-state index contributed by atoms with van der Waals surface area (Å²) >= 11 is 5.57. The van der Waals surface area contributed by atoms with Crippen LogP contribution in [-0.2, 0) is 9.84 Å². The van der Waals surface area contributed by atoms with Crippen LogP contribution in [0.2, 0.25) is 0 Å². The number of rotatable bonds is 4. The van der Waals surface area contributed by atoms with Crippen LogP contribution in [0.5, 0.6) is 0 Å². The second-order valence-electron chi connectivity index (χ2n) is 3.53. The van der Waals surface area contributed by atoms with Gasteiger partial charge in [0, 0.05) is 12.1 Å². The fraction of sp³-hybridized carbons (Fsp3) is 0.400. The predicted molar refractivity (Wildman–Crippen MR) is 60.9 cm³/mol. The van der Waals surface area contributed by atoms with Crippen molar-refractivity contribution in [3.05, 3.63) is 24.0 Å². The number of pyridine rings is 1. The van der Waals surface area contributed by atoms with Gasteiger partial charge in [-0.25, -0.2) is 13.4 Å². The Hall–Kier alpha value is -1.12. The van der Waals surface area contributed by atoms with E-state index in [1.54, 1.807) is 13.0 Å². The highest BCUT2D eigenvalue weighted by atomic mass is 35.5. The van der Waals surface area contributed by atoms with Gasteiger partial charge in [-0.15, -0.1) is 11.6 Å². The second-order valence-corrected chi connectivity index (χ2v) is 5.87. The summed E-state index contributed by atoms with van der Waals surface area (Å²) in [6.07, 6.45) is 1.32. The van der Waals surface area contributed by atoms with Gasteiger partial charge in [-0.1, -0.05) is 6.92 Å². The highest BCUT2D eigenvalue weighted by molar-refractivity contribution is 7.91. The Morgan fingerprint density at radius 3 is 2.88 bits per heavy atom. The molecule has 0 aliphatic heterocycles. The van der Waals surface area contributed by atoms with Crippen molar-refractivity contribution in [3.8, 4) is 6.07 Å². The zero-order chi connectivity index (χ0) is 12.2. The Bertz CT molecular complexity index is 508. The Kier molecular flexibility index (Phi) is 4.27. The minimum Gasteiger partial charge on any atom is -0.245 e. The van der Waals surface area contributed by atoms with Crippen molar-refractivity contribution in [1.82, 2.24) is 4.98 Å². The summed E-state index contributed by atoms with van der Waals surface area (Å²) in [4.78, 5) is 3.84. The van der Waals surface area contributed by atoms with Crippen LogP contribution in [0.25, 0.3) is 0 Å². The number of alkyl halides is 1. The van der Waals surface area contributed by atoms with Gasteiger partial charge < -0.3 is 0 Å². The minimum absolute atomic E-state index is 0.0224. The van der Waals surface area contributed by atoms with E-state index in [9.17, 15) is 8.42 Å². The molecule has 1 aromatic heterocycles. The van der Waals surface area contributed by atoms with E-state index in [1.807, 2.05) is 0 Å². The van der Waals surface area contributed by atoms with Crippen molar-refractivity contribution < 1.29 is 8.42 Å². The van der Waals surface area contributed by atoms with Crippen LogP contribution >= 0.6 is 11.6 Å². The topological polar surface area (TPSA) is 70.8 Å². The first-order valence-electron chi connectivity index (χ1n) is 4.64. The molecule has 0 N–H and O–H groups in total. The Balaban J connectivity index is 3.04. The fourth-order valence-corrected chi connectivity index (χ4v) is 3.04. The van der Waals surface area contributed by atoms with Gasteiger partial charge in [0.15, 0.2) is 9.84 Å². The maximum atomic E-state index is 11.9. The summed E-state index contributed by atoms with van der Waals surface area (Å²) in [5.41, 5.74) is 0.0969. The molecule has 1 unspecified atom stereocenters. The molecular formula is C10H11ClN2O2S. The van der Waals surface area contributed by atoms with E-state index >= 15 is 0 Å². The van der Waals surface area contributed by atoms with Crippen molar-refractivity contribution in [2.45, 2.75) is 11.8 Å². The third kappa shape index (κ3) is 3.19. The molecule has 16 heavy (non-hydrogen) atoms. The van der Waals surface area contributed by atoms with E-state index in [0.717, 1.165) is 0 Å². The highest BCUT2D eigenvalue weighted by Gasteiger charge is 2.18. The zero-order valence-corrected chi connectivity index (χ0v) is 10.3. The largest absolute Gasteiger partial charge is 0.245 e. The number of aromatic nitrogens is 1. The van der Waals surface area contributed by atoms with E-state index in [-0.39, 0.29) is 28.1 Å². The van der Waals surface area contributed by atoms with Crippen LogP contribution in [-0.4, -0.2) is 25.0 Å². The molecule has 0 amide bonds. The lowest BCUT2D eigenvalue weighted by atomic mass is 10.3. The van der Waals surface area contributed by atoms with Crippen LogP contribution in [0.15, 0.2) is 23.2 Å². The molecule has 0 aliphatic rings. The molecule has 6 heteroatoms. The zero-order valence-electron chi connectivity index (χ0n) is 8.72. The first-order chi connectivity index (χ1) is 7.49. The van der Waals surface area contributed by atoms with Crippen molar-refractivity contribution >= 4 is 21.4 Å². The van der Waals surface area contributed by atoms with Gasteiger partial charge in [0.25, 0.3) is 0 Å². The minimum atomic E-state index is -3.38. The highest BCUT2D eigenvalue weighted by Crippen LogP contribution is 2.15. The monoisotopic (exact) mass is 258 g/mol. The average molecular weight is 259 g/mol. The Morgan fingerprint density at radius 2 is 2.31 bits per heavy atom. The van der Waals surface area contributed by atoms with Gasteiger partial charge in [-0.3, -0.25) is 0 Å². The SMILES string of the molecule is CC(CCl)CS(=O)(=O)c1ccnc(C#N)c1. The molecule has 0 saturated heterocycles. The first kappa shape index (κ1) is 12.9. The lowest BCUT2D eigenvalue weighted by Crippen LogP contribution is -2.15. The Labute approximate surface area is 99.8 Å². The standard InChI is InChI=1S/C10H11ClN2O2S/c1-8(5-11)7-16(14,15)10-2-3-13-9(4-10)6-12/h2-4,8H,5,7H2,1H3. The number of halogens is 1. The molecule has 86 valence electrons. The quantitative estimate of drug-likeness (QED) is 0.769. The van der Waals surface area contributed by atoms with Crippen LogP contribution in [0.3, 0.4) is 0 Å². The summed E-state index contributed by atoms with van der Waals surface area (Å²) in [5.74, 6) is 0.145. The molecule has 1 atom stereocenters. The van der Waals surface area contributed by atoms with Crippen LogP contribution in [0, 0.1) is 17.2 Å². The Morgan fingerprint density at radius 1 is 1.62 bits per heavy atom. The maximum Gasteiger partial charge on any atom is 0.178 e. The van der Waals surface area contributed by atoms with Crippen molar-refractivity contribution in [2.24, 2.45) is 5.92 Å². The average Bonchev–Trinajstić information content (AvgIpc) is 2.28. The van der Waals surface area contributed by atoms with E-state index in [4.69, 9.17) is 16.9 Å². The van der Waals surface area contributed by atoms with Gasteiger partial charge >= 0.3 is 0 Å². The van der Waals surface area contributed by atoms with Crippen LogP contribution < -0.4 is 0 Å². The van der Waals surface area contributed by atoms with Crippen LogP contribution in [0.4, 0.5) is 0 Å². The van der Waals surface area contributed by atoms with E-state index in [2.05, 4.69) is 4.98 Å². The summed E-state index contributed by atoms with van der Waals surface area (Å²) < 4.78 is 23.7. The van der Waals surface area contributed by atoms with Crippen molar-refractivity contribution in [2.75, 3.05) is 11.6 Å². The molecule has 0 bridgehead atoms. The molecule has 0 aliphatic carbocycles. The van der Waals surface area contributed by atoms with Gasteiger partial charge in [-0.05, 0) is 18.1 Å². The molecule has 0 radical (unpaired) electrons. The maximum absolute atomic E-state index is 11.9. The molecule has 0 spiro atoms.